The van der Waals surface area contributed by atoms with Crippen LogP contribution in [-0.2, 0) is 9.53 Å². The van der Waals surface area contributed by atoms with Crippen molar-refractivity contribution in [1.82, 2.24) is 4.90 Å². The smallest absolute Gasteiger partial charge is 0.315 e. The monoisotopic (exact) mass is 297 g/mol. The summed E-state index contributed by atoms with van der Waals surface area (Å²) in [5.41, 5.74) is 0.640. The van der Waals surface area contributed by atoms with E-state index in [1.165, 1.54) is 7.11 Å². The molecule has 110 valence electrons. The van der Waals surface area contributed by atoms with Crippen molar-refractivity contribution in [2.75, 3.05) is 26.0 Å². The van der Waals surface area contributed by atoms with E-state index in [-0.39, 0.29) is 11.9 Å². The number of carbonyl (C=O) groups excluding carboxylic acids is 2. The summed E-state index contributed by atoms with van der Waals surface area (Å²) in [4.78, 5) is 25.3. The molecule has 20 heavy (non-hydrogen) atoms. The third kappa shape index (κ3) is 3.36. The zero-order valence-corrected chi connectivity index (χ0v) is 12.8. The minimum Gasteiger partial charge on any atom is -0.468 e. The van der Waals surface area contributed by atoms with Crippen LogP contribution in [0.3, 0.4) is 0 Å². The SMILES string of the molecule is COC(=O)CS[C@H]1CCN(C(=O)c2cc(C)oc2C)C1. The van der Waals surface area contributed by atoms with Crippen molar-refractivity contribution >= 4 is 23.6 Å². The van der Waals surface area contributed by atoms with E-state index in [4.69, 9.17) is 4.42 Å². The number of nitrogens with zero attached hydrogens (tertiary/aromatic N) is 1. The molecule has 5 nitrogen and oxygen atoms in total. The number of hydrogen-bond donors (Lipinski definition) is 0. The van der Waals surface area contributed by atoms with E-state index in [9.17, 15) is 9.59 Å². The van der Waals surface area contributed by atoms with Crippen LogP contribution in [0, 0.1) is 13.8 Å². The van der Waals surface area contributed by atoms with Gasteiger partial charge < -0.3 is 14.1 Å². The summed E-state index contributed by atoms with van der Waals surface area (Å²) >= 11 is 1.55. The Kier molecular flexibility index (Phi) is 4.75. The van der Waals surface area contributed by atoms with Gasteiger partial charge in [0, 0.05) is 18.3 Å². The molecule has 0 N–H and O–H groups in total. The Morgan fingerprint density at radius 2 is 2.25 bits per heavy atom. The average Bonchev–Trinajstić information content (AvgIpc) is 3.01. The van der Waals surface area contributed by atoms with Crippen molar-refractivity contribution in [2.45, 2.75) is 25.5 Å². The first-order valence-electron chi connectivity index (χ1n) is 6.56. The summed E-state index contributed by atoms with van der Waals surface area (Å²) in [7, 11) is 1.39. The van der Waals surface area contributed by atoms with Gasteiger partial charge in [-0.3, -0.25) is 9.59 Å². The van der Waals surface area contributed by atoms with Crippen LogP contribution in [0.15, 0.2) is 10.5 Å². The molecule has 2 heterocycles. The van der Waals surface area contributed by atoms with Crippen LogP contribution < -0.4 is 0 Å². The van der Waals surface area contributed by atoms with Crippen LogP contribution in [0.4, 0.5) is 0 Å². The molecule has 1 aromatic rings. The molecule has 0 aliphatic carbocycles. The highest BCUT2D eigenvalue weighted by Gasteiger charge is 2.29. The first kappa shape index (κ1) is 15.0. The number of rotatable bonds is 4. The number of likely N-dealkylation sites (tertiary alicyclic amines) is 1. The van der Waals surface area contributed by atoms with E-state index in [1.54, 1.807) is 24.8 Å². The molecular formula is C14H19NO4S. The molecule has 1 fully saturated rings. The number of thioether (sulfide) groups is 1. The lowest BCUT2D eigenvalue weighted by molar-refractivity contribution is -0.137. The third-order valence-electron chi connectivity index (χ3n) is 3.37. The summed E-state index contributed by atoms with van der Waals surface area (Å²) in [6.07, 6.45) is 0.906. The molecule has 6 heteroatoms. The standard InChI is InChI=1S/C14H19NO4S/c1-9-6-12(10(2)19-9)14(17)15-5-4-11(7-15)20-8-13(16)18-3/h6,11H,4-5,7-8H2,1-3H3/t11-/m0/s1. The van der Waals surface area contributed by atoms with Gasteiger partial charge in [-0.2, -0.15) is 0 Å². The van der Waals surface area contributed by atoms with E-state index in [1.807, 2.05) is 11.8 Å². The first-order chi connectivity index (χ1) is 9.51. The summed E-state index contributed by atoms with van der Waals surface area (Å²) < 4.78 is 10.0. The van der Waals surface area contributed by atoms with Crippen LogP contribution in [0.25, 0.3) is 0 Å². The van der Waals surface area contributed by atoms with E-state index in [2.05, 4.69) is 4.74 Å². The maximum atomic E-state index is 12.4. The Bertz CT molecular complexity index is 511. The highest BCUT2D eigenvalue weighted by molar-refractivity contribution is 8.00. The van der Waals surface area contributed by atoms with Gasteiger partial charge in [0.25, 0.3) is 5.91 Å². The highest BCUT2D eigenvalue weighted by atomic mass is 32.2. The summed E-state index contributed by atoms with van der Waals surface area (Å²) in [6.45, 7) is 5.04. The Hall–Kier alpha value is -1.43. The molecule has 2 rings (SSSR count). The highest BCUT2D eigenvalue weighted by Crippen LogP contribution is 2.25. The van der Waals surface area contributed by atoms with E-state index < -0.39 is 0 Å². The van der Waals surface area contributed by atoms with Crippen molar-refractivity contribution in [2.24, 2.45) is 0 Å². The predicted octanol–water partition coefficient (Wildman–Crippen LogP) is 2.02. The summed E-state index contributed by atoms with van der Waals surface area (Å²) in [5, 5.41) is 0.298. The van der Waals surface area contributed by atoms with Crippen molar-refractivity contribution in [3.05, 3.63) is 23.2 Å². The van der Waals surface area contributed by atoms with Crippen LogP contribution in [-0.4, -0.2) is 48.0 Å². The zero-order chi connectivity index (χ0) is 14.7. The lowest BCUT2D eigenvalue weighted by Gasteiger charge is -2.15. The fraction of sp³-hybridized carbons (Fsp3) is 0.571. The second-order valence-electron chi connectivity index (χ2n) is 4.88. The molecule has 0 aromatic carbocycles. The Morgan fingerprint density at radius 1 is 1.50 bits per heavy atom. The largest absolute Gasteiger partial charge is 0.468 e. The second kappa shape index (κ2) is 6.35. The molecule has 1 aliphatic rings. The molecular weight excluding hydrogens is 278 g/mol. The Morgan fingerprint density at radius 3 is 2.85 bits per heavy atom. The number of amides is 1. The van der Waals surface area contributed by atoms with Gasteiger partial charge in [0.15, 0.2) is 0 Å². The van der Waals surface area contributed by atoms with Gasteiger partial charge in [-0.25, -0.2) is 0 Å². The normalized spacial score (nSPS) is 18.4. The van der Waals surface area contributed by atoms with Crippen LogP contribution >= 0.6 is 11.8 Å². The lowest BCUT2D eigenvalue weighted by atomic mass is 10.2. The van der Waals surface area contributed by atoms with Gasteiger partial charge in [-0.05, 0) is 26.3 Å². The number of carbonyl (C=O) groups is 2. The van der Waals surface area contributed by atoms with Crippen LogP contribution in [0.5, 0.6) is 0 Å². The molecule has 1 aromatic heterocycles. The van der Waals surface area contributed by atoms with Gasteiger partial charge in [0.1, 0.15) is 11.5 Å². The number of aryl methyl sites for hydroxylation is 2. The third-order valence-corrected chi connectivity index (χ3v) is 4.63. The molecule has 0 spiro atoms. The van der Waals surface area contributed by atoms with Crippen molar-refractivity contribution in [3.63, 3.8) is 0 Å². The maximum Gasteiger partial charge on any atom is 0.315 e. The quantitative estimate of drug-likeness (QED) is 0.796. The van der Waals surface area contributed by atoms with Crippen molar-refractivity contribution in [3.8, 4) is 0 Å². The zero-order valence-electron chi connectivity index (χ0n) is 12.0. The molecule has 1 saturated heterocycles. The predicted molar refractivity (Wildman–Crippen MR) is 77.0 cm³/mol. The average molecular weight is 297 g/mol. The van der Waals surface area contributed by atoms with E-state index in [0.717, 1.165) is 18.7 Å². The lowest BCUT2D eigenvalue weighted by Crippen LogP contribution is -2.29. The molecule has 0 radical (unpaired) electrons. The van der Waals surface area contributed by atoms with E-state index in [0.29, 0.717) is 28.9 Å². The van der Waals surface area contributed by atoms with Gasteiger partial charge in [0.05, 0.1) is 18.4 Å². The molecule has 1 amide bonds. The first-order valence-corrected chi connectivity index (χ1v) is 7.61. The van der Waals surface area contributed by atoms with E-state index >= 15 is 0 Å². The molecule has 0 bridgehead atoms. The Balaban J connectivity index is 1.91. The van der Waals surface area contributed by atoms with Crippen molar-refractivity contribution in [1.29, 1.82) is 0 Å². The van der Waals surface area contributed by atoms with Crippen LogP contribution in [0.2, 0.25) is 0 Å². The number of esters is 1. The molecule has 0 unspecified atom stereocenters. The fourth-order valence-electron chi connectivity index (χ4n) is 2.31. The number of methoxy groups -OCH3 is 1. The topological polar surface area (TPSA) is 59.8 Å². The minimum absolute atomic E-state index is 0.0144. The molecule has 1 aliphatic heterocycles. The Labute approximate surface area is 122 Å². The molecule has 0 saturated carbocycles. The number of hydrogen-bond acceptors (Lipinski definition) is 5. The fourth-order valence-corrected chi connectivity index (χ4v) is 3.35. The molecule has 1 atom stereocenters. The number of furan rings is 1. The maximum absolute atomic E-state index is 12.4. The summed E-state index contributed by atoms with van der Waals surface area (Å²) in [5.74, 6) is 1.55. The van der Waals surface area contributed by atoms with Gasteiger partial charge in [-0.15, -0.1) is 11.8 Å². The minimum atomic E-state index is -0.221. The van der Waals surface area contributed by atoms with Crippen molar-refractivity contribution < 1.29 is 18.7 Å². The van der Waals surface area contributed by atoms with Gasteiger partial charge >= 0.3 is 5.97 Å². The van der Waals surface area contributed by atoms with Gasteiger partial charge in [-0.1, -0.05) is 0 Å². The second-order valence-corrected chi connectivity index (χ2v) is 6.16. The summed E-state index contributed by atoms with van der Waals surface area (Å²) in [6, 6.07) is 1.78. The number of ether oxygens (including phenoxy) is 1. The van der Waals surface area contributed by atoms with Crippen LogP contribution in [0.1, 0.15) is 28.3 Å². The van der Waals surface area contributed by atoms with Gasteiger partial charge in [0.2, 0.25) is 0 Å².